The summed E-state index contributed by atoms with van der Waals surface area (Å²) in [7, 11) is 0. The van der Waals surface area contributed by atoms with Crippen molar-refractivity contribution in [2.45, 2.75) is 0 Å². The van der Waals surface area contributed by atoms with Gasteiger partial charge in [0.15, 0.2) is 0 Å². The van der Waals surface area contributed by atoms with E-state index in [0.717, 1.165) is 61.3 Å². The van der Waals surface area contributed by atoms with Crippen molar-refractivity contribution < 1.29 is 4.42 Å². The summed E-state index contributed by atoms with van der Waals surface area (Å²) < 4.78 is 6.93. The summed E-state index contributed by atoms with van der Waals surface area (Å²) in [5, 5.41) is 4.64. The van der Waals surface area contributed by atoms with E-state index in [1.807, 2.05) is 0 Å². The molecule has 0 N–H and O–H groups in total. The van der Waals surface area contributed by atoms with Gasteiger partial charge in [-0.1, -0.05) is 170 Å². The Labute approximate surface area is 314 Å². The lowest BCUT2D eigenvalue weighted by Gasteiger charge is -2.26. The highest BCUT2D eigenvalue weighted by Gasteiger charge is 2.19. The van der Waals surface area contributed by atoms with Gasteiger partial charge in [0.2, 0.25) is 0 Å². The first kappa shape index (κ1) is 31.6. The summed E-state index contributed by atoms with van der Waals surface area (Å²) >= 11 is 0. The molecule has 1 aromatic heterocycles. The first-order chi connectivity index (χ1) is 26.8. The molecule has 0 bridgehead atoms. The Hall–Kier alpha value is -7.16. The molecule has 0 saturated heterocycles. The fourth-order valence-corrected chi connectivity index (χ4v) is 7.82. The molecule has 0 atom stereocenters. The predicted molar refractivity (Wildman–Crippen MR) is 228 cm³/mol. The maximum absolute atomic E-state index is 6.93. The van der Waals surface area contributed by atoms with E-state index < -0.39 is 0 Å². The third kappa shape index (κ3) is 5.62. The van der Waals surface area contributed by atoms with Crippen molar-refractivity contribution in [1.29, 1.82) is 0 Å². The standard InChI is InChI=1S/C52H35NO/c1-4-13-36(14-5-1)38-23-29-43(30-24-38)53(44-31-25-39(26-32-44)37-15-6-2-7-16-37)45-33-27-40(28-34-45)47-21-12-22-48-49-35-42-19-10-11-20-46(42)50(52(49)54-51(47)48)41-17-8-3-9-18-41/h1-35H. The van der Waals surface area contributed by atoms with Gasteiger partial charge in [-0.25, -0.2) is 0 Å². The molecule has 1 heterocycles. The lowest BCUT2D eigenvalue weighted by Crippen LogP contribution is -2.09. The van der Waals surface area contributed by atoms with Crippen molar-refractivity contribution in [1.82, 2.24) is 0 Å². The molecule has 0 saturated carbocycles. The number of furan rings is 1. The van der Waals surface area contributed by atoms with Gasteiger partial charge in [0.05, 0.1) is 0 Å². The monoisotopic (exact) mass is 689 g/mol. The molecular formula is C52H35NO. The van der Waals surface area contributed by atoms with Gasteiger partial charge in [-0.05, 0) is 86.6 Å². The molecule has 0 aliphatic rings. The molecule has 2 nitrogen and oxygen atoms in total. The zero-order valence-corrected chi connectivity index (χ0v) is 29.6. The summed E-state index contributed by atoms with van der Waals surface area (Å²) in [4.78, 5) is 2.33. The average molecular weight is 690 g/mol. The van der Waals surface area contributed by atoms with Crippen LogP contribution >= 0.6 is 0 Å². The summed E-state index contributed by atoms with van der Waals surface area (Å²) in [5.74, 6) is 0. The van der Waals surface area contributed by atoms with Crippen molar-refractivity contribution in [2.75, 3.05) is 4.90 Å². The predicted octanol–water partition coefficient (Wildman–Crippen LogP) is 14.9. The second kappa shape index (κ2) is 13.4. The van der Waals surface area contributed by atoms with Gasteiger partial charge in [0, 0.05) is 39.0 Å². The third-order valence-electron chi connectivity index (χ3n) is 10.5. The molecule has 2 heteroatoms. The highest BCUT2D eigenvalue weighted by atomic mass is 16.3. The third-order valence-corrected chi connectivity index (χ3v) is 10.5. The topological polar surface area (TPSA) is 16.4 Å². The average Bonchev–Trinajstić information content (AvgIpc) is 3.63. The van der Waals surface area contributed by atoms with Crippen molar-refractivity contribution in [3.05, 3.63) is 212 Å². The number of anilines is 3. The van der Waals surface area contributed by atoms with Gasteiger partial charge in [0.1, 0.15) is 11.2 Å². The zero-order chi connectivity index (χ0) is 35.8. The van der Waals surface area contributed by atoms with Crippen LogP contribution in [-0.2, 0) is 0 Å². The van der Waals surface area contributed by atoms with Gasteiger partial charge >= 0.3 is 0 Å². The van der Waals surface area contributed by atoms with Crippen LogP contribution in [0.4, 0.5) is 17.1 Å². The fraction of sp³-hybridized carbons (Fsp3) is 0. The second-order valence-electron chi connectivity index (χ2n) is 13.7. The minimum Gasteiger partial charge on any atom is -0.455 e. The van der Waals surface area contributed by atoms with Crippen LogP contribution in [0.15, 0.2) is 217 Å². The van der Waals surface area contributed by atoms with E-state index >= 15 is 0 Å². The van der Waals surface area contributed by atoms with Crippen LogP contribution in [0.1, 0.15) is 0 Å². The molecule has 9 aromatic carbocycles. The number of para-hydroxylation sites is 1. The van der Waals surface area contributed by atoms with E-state index in [9.17, 15) is 0 Å². The molecular weight excluding hydrogens is 655 g/mol. The minimum absolute atomic E-state index is 0.901. The van der Waals surface area contributed by atoms with E-state index in [1.165, 1.54) is 33.0 Å². The van der Waals surface area contributed by atoms with E-state index in [1.54, 1.807) is 0 Å². The van der Waals surface area contributed by atoms with Crippen molar-refractivity contribution in [3.63, 3.8) is 0 Å². The maximum Gasteiger partial charge on any atom is 0.143 e. The van der Waals surface area contributed by atoms with E-state index in [2.05, 4.69) is 217 Å². The summed E-state index contributed by atoms with van der Waals surface area (Å²) in [6, 6.07) is 75.6. The van der Waals surface area contributed by atoms with Crippen LogP contribution < -0.4 is 4.90 Å². The fourth-order valence-electron chi connectivity index (χ4n) is 7.82. The van der Waals surface area contributed by atoms with Crippen LogP contribution in [0, 0.1) is 0 Å². The zero-order valence-electron chi connectivity index (χ0n) is 29.6. The highest BCUT2D eigenvalue weighted by Crippen LogP contribution is 2.44. The molecule has 54 heavy (non-hydrogen) atoms. The van der Waals surface area contributed by atoms with Crippen molar-refractivity contribution in [2.24, 2.45) is 0 Å². The molecule has 10 rings (SSSR count). The number of benzene rings is 9. The Morgan fingerprint density at radius 2 is 0.741 bits per heavy atom. The lowest BCUT2D eigenvalue weighted by atomic mass is 9.95. The van der Waals surface area contributed by atoms with Crippen LogP contribution in [0.3, 0.4) is 0 Å². The number of rotatable bonds is 7. The molecule has 0 aliphatic heterocycles. The quantitative estimate of drug-likeness (QED) is 0.166. The molecule has 0 radical (unpaired) electrons. The van der Waals surface area contributed by atoms with Crippen molar-refractivity contribution in [3.8, 4) is 44.5 Å². The molecule has 0 aliphatic carbocycles. The normalized spacial score (nSPS) is 11.3. The Morgan fingerprint density at radius 1 is 0.296 bits per heavy atom. The van der Waals surface area contributed by atoms with Gasteiger partial charge in [-0.15, -0.1) is 0 Å². The Morgan fingerprint density at radius 3 is 1.30 bits per heavy atom. The molecule has 0 unspecified atom stereocenters. The lowest BCUT2D eigenvalue weighted by molar-refractivity contribution is 0.671. The first-order valence-corrected chi connectivity index (χ1v) is 18.4. The van der Waals surface area contributed by atoms with Crippen molar-refractivity contribution >= 4 is 49.8 Å². The molecule has 0 spiro atoms. The Balaban J connectivity index is 1.08. The molecule has 0 fully saturated rings. The first-order valence-electron chi connectivity index (χ1n) is 18.4. The smallest absolute Gasteiger partial charge is 0.143 e. The van der Waals surface area contributed by atoms with Gasteiger partial charge in [-0.3, -0.25) is 0 Å². The summed E-state index contributed by atoms with van der Waals surface area (Å²) in [6.45, 7) is 0. The molecule has 0 amide bonds. The number of hydrogen-bond donors (Lipinski definition) is 0. The van der Waals surface area contributed by atoms with Crippen LogP contribution in [-0.4, -0.2) is 0 Å². The number of nitrogens with zero attached hydrogens (tertiary/aromatic N) is 1. The van der Waals surface area contributed by atoms with E-state index in [-0.39, 0.29) is 0 Å². The van der Waals surface area contributed by atoms with E-state index in [4.69, 9.17) is 4.42 Å². The van der Waals surface area contributed by atoms with Crippen LogP contribution in [0.2, 0.25) is 0 Å². The Bertz CT molecular complexity index is 2790. The van der Waals surface area contributed by atoms with Crippen LogP contribution in [0.25, 0.3) is 77.2 Å². The van der Waals surface area contributed by atoms with E-state index in [0.29, 0.717) is 0 Å². The number of fused-ring (bicyclic) bond motifs is 4. The maximum atomic E-state index is 6.93. The van der Waals surface area contributed by atoms with Gasteiger partial charge in [-0.2, -0.15) is 0 Å². The summed E-state index contributed by atoms with van der Waals surface area (Å²) in [5.41, 5.74) is 14.3. The Kier molecular flexibility index (Phi) is 7.85. The SMILES string of the molecule is c1ccc(-c2ccc(N(c3ccc(-c4ccccc4)cc3)c3ccc(-c4cccc5c4oc4c(-c6ccccc6)c6ccccc6cc45)cc3)cc2)cc1. The second-order valence-corrected chi connectivity index (χ2v) is 13.7. The minimum atomic E-state index is 0.901. The van der Waals surface area contributed by atoms with Crippen LogP contribution in [0.5, 0.6) is 0 Å². The number of hydrogen-bond acceptors (Lipinski definition) is 2. The van der Waals surface area contributed by atoms with Gasteiger partial charge in [0.25, 0.3) is 0 Å². The largest absolute Gasteiger partial charge is 0.455 e. The highest BCUT2D eigenvalue weighted by molar-refractivity contribution is 6.20. The van der Waals surface area contributed by atoms with Gasteiger partial charge < -0.3 is 9.32 Å². The molecule has 10 aromatic rings. The summed E-state index contributed by atoms with van der Waals surface area (Å²) in [6.07, 6.45) is 0. The molecule has 254 valence electrons.